The zero-order valence-corrected chi connectivity index (χ0v) is 26.1. The predicted octanol–water partition coefficient (Wildman–Crippen LogP) is 5.78. The Hall–Kier alpha value is -3.59. The standard InChI is InChI=1S/C29H39ClN7O3P/c1-8-27(38)32-22-17-23(25(40-5)18-24(22)36(4)15-16-37(9-2)10-3)34-29-31-19-20(30)28(35-29)33-21-13-11-12-14-26(21)41(6,7)39/h8,11-14,17-19H,1,9-10,15-16H2,2-7H3,(H,32,38)(H2,31,33,34,35). The molecule has 10 nitrogen and oxygen atoms in total. The van der Waals surface area contributed by atoms with E-state index in [0.717, 1.165) is 31.9 Å². The van der Waals surface area contributed by atoms with Crippen molar-refractivity contribution < 1.29 is 14.1 Å². The summed E-state index contributed by atoms with van der Waals surface area (Å²) in [5, 5.41) is 10.3. The molecule has 12 heteroatoms. The monoisotopic (exact) mass is 599 g/mol. The first kappa shape index (κ1) is 31.9. The minimum absolute atomic E-state index is 0.243. The van der Waals surface area contributed by atoms with Crippen molar-refractivity contribution in [1.82, 2.24) is 14.9 Å². The summed E-state index contributed by atoms with van der Waals surface area (Å²) in [6, 6.07) is 11.0. The fourth-order valence-corrected chi connectivity index (χ4v) is 5.49. The number of amides is 1. The Balaban J connectivity index is 1.97. The third-order valence-electron chi connectivity index (χ3n) is 6.55. The largest absolute Gasteiger partial charge is 0.494 e. The van der Waals surface area contributed by atoms with Crippen molar-refractivity contribution in [3.63, 3.8) is 0 Å². The smallest absolute Gasteiger partial charge is 0.247 e. The van der Waals surface area contributed by atoms with Gasteiger partial charge in [-0.1, -0.05) is 44.2 Å². The lowest BCUT2D eigenvalue weighted by atomic mass is 10.2. The van der Waals surface area contributed by atoms with E-state index >= 15 is 0 Å². The Morgan fingerprint density at radius 1 is 1.10 bits per heavy atom. The second-order valence-electron chi connectivity index (χ2n) is 9.72. The molecule has 0 aliphatic carbocycles. The topological polar surface area (TPSA) is 112 Å². The Morgan fingerprint density at radius 2 is 1.80 bits per heavy atom. The molecule has 0 bridgehead atoms. The van der Waals surface area contributed by atoms with Crippen LogP contribution in [0.5, 0.6) is 5.75 Å². The van der Waals surface area contributed by atoms with Crippen LogP contribution in [0.3, 0.4) is 0 Å². The predicted molar refractivity (Wildman–Crippen MR) is 172 cm³/mol. The second-order valence-corrected chi connectivity index (χ2v) is 13.3. The van der Waals surface area contributed by atoms with Gasteiger partial charge in [0.2, 0.25) is 11.9 Å². The second kappa shape index (κ2) is 14.3. The molecule has 1 heterocycles. The van der Waals surface area contributed by atoms with Crippen LogP contribution in [0, 0.1) is 0 Å². The number of nitrogens with zero attached hydrogens (tertiary/aromatic N) is 4. The van der Waals surface area contributed by atoms with E-state index in [1.54, 1.807) is 26.5 Å². The lowest BCUT2D eigenvalue weighted by Gasteiger charge is -2.27. The molecule has 0 fully saturated rings. The molecule has 1 amide bonds. The van der Waals surface area contributed by atoms with Crippen LogP contribution in [0.25, 0.3) is 0 Å². The number of likely N-dealkylation sites (N-methyl/N-ethyl adjacent to an activating group) is 2. The van der Waals surface area contributed by atoms with Gasteiger partial charge < -0.3 is 35.1 Å². The number of para-hydroxylation sites is 1. The average Bonchev–Trinajstić information content (AvgIpc) is 2.95. The summed E-state index contributed by atoms with van der Waals surface area (Å²) in [7, 11) is 0.981. The summed E-state index contributed by atoms with van der Waals surface area (Å²) >= 11 is 6.43. The third-order valence-corrected chi connectivity index (χ3v) is 8.37. The minimum Gasteiger partial charge on any atom is -0.494 e. The van der Waals surface area contributed by atoms with Crippen LogP contribution in [0.4, 0.5) is 34.5 Å². The van der Waals surface area contributed by atoms with Crippen molar-refractivity contribution in [3.05, 3.63) is 60.3 Å². The first-order chi connectivity index (χ1) is 19.5. The number of benzene rings is 2. The van der Waals surface area contributed by atoms with Crippen molar-refractivity contribution in [1.29, 1.82) is 0 Å². The van der Waals surface area contributed by atoms with Gasteiger partial charge in [-0.25, -0.2) is 4.98 Å². The zero-order valence-electron chi connectivity index (χ0n) is 24.5. The highest BCUT2D eigenvalue weighted by atomic mass is 35.5. The highest BCUT2D eigenvalue weighted by molar-refractivity contribution is 7.70. The van der Waals surface area contributed by atoms with E-state index < -0.39 is 7.14 Å². The van der Waals surface area contributed by atoms with E-state index in [-0.39, 0.29) is 11.9 Å². The quantitative estimate of drug-likeness (QED) is 0.157. The Morgan fingerprint density at radius 3 is 2.44 bits per heavy atom. The van der Waals surface area contributed by atoms with Gasteiger partial charge in [0.1, 0.15) is 17.9 Å². The number of carbonyl (C=O) groups is 1. The highest BCUT2D eigenvalue weighted by Gasteiger charge is 2.19. The lowest BCUT2D eigenvalue weighted by molar-refractivity contribution is -0.111. The molecule has 3 N–H and O–H groups in total. The van der Waals surface area contributed by atoms with E-state index in [9.17, 15) is 9.36 Å². The van der Waals surface area contributed by atoms with Crippen molar-refractivity contribution in [3.8, 4) is 5.75 Å². The summed E-state index contributed by atoms with van der Waals surface area (Å²) < 4.78 is 18.5. The van der Waals surface area contributed by atoms with Gasteiger partial charge in [0, 0.05) is 31.5 Å². The maximum atomic E-state index is 12.8. The summed E-state index contributed by atoms with van der Waals surface area (Å²) in [5.74, 6) is 0.781. The maximum absolute atomic E-state index is 12.8. The fraction of sp³-hybridized carbons (Fsp3) is 0.345. The number of nitrogens with one attached hydrogen (secondary N) is 3. The number of hydrogen-bond acceptors (Lipinski definition) is 9. The molecule has 0 unspecified atom stereocenters. The molecule has 220 valence electrons. The van der Waals surface area contributed by atoms with Crippen LogP contribution in [-0.4, -0.2) is 74.4 Å². The summed E-state index contributed by atoms with van der Waals surface area (Å²) in [4.78, 5) is 25.6. The van der Waals surface area contributed by atoms with Gasteiger partial charge in [0.05, 0.1) is 36.1 Å². The third kappa shape index (κ3) is 8.45. The number of aromatic nitrogens is 2. The molecule has 0 radical (unpaired) electrons. The van der Waals surface area contributed by atoms with E-state index in [0.29, 0.717) is 39.0 Å². The molecule has 0 spiro atoms. The SMILES string of the molecule is C=CC(=O)Nc1cc(Nc2ncc(Cl)c(Nc3ccccc3P(C)(C)=O)n2)c(OC)cc1N(C)CCN(CC)CC. The van der Waals surface area contributed by atoms with Crippen molar-refractivity contribution in [2.24, 2.45) is 0 Å². The van der Waals surface area contributed by atoms with Crippen molar-refractivity contribution in [2.75, 3.05) is 74.5 Å². The van der Waals surface area contributed by atoms with Gasteiger partial charge in [-0.3, -0.25) is 4.79 Å². The van der Waals surface area contributed by atoms with E-state index in [4.69, 9.17) is 16.3 Å². The highest BCUT2D eigenvalue weighted by Crippen LogP contribution is 2.40. The number of hydrogen-bond donors (Lipinski definition) is 3. The van der Waals surface area contributed by atoms with Crippen LogP contribution >= 0.6 is 18.7 Å². The van der Waals surface area contributed by atoms with Crippen molar-refractivity contribution >= 4 is 64.5 Å². The van der Waals surface area contributed by atoms with Gasteiger partial charge in [0.15, 0.2) is 5.82 Å². The van der Waals surface area contributed by atoms with Crippen LogP contribution in [0.15, 0.2) is 55.3 Å². The summed E-state index contributed by atoms with van der Waals surface area (Å²) in [5.41, 5.74) is 2.54. The molecule has 2 aromatic carbocycles. The number of rotatable bonds is 14. The Bertz CT molecular complexity index is 1430. The number of ether oxygens (including phenoxy) is 1. The Labute approximate surface area is 247 Å². The minimum atomic E-state index is -2.56. The Kier molecular flexibility index (Phi) is 11.2. The molecule has 41 heavy (non-hydrogen) atoms. The molecule has 3 rings (SSSR count). The van der Waals surface area contributed by atoms with Gasteiger partial charge in [0.25, 0.3) is 0 Å². The normalized spacial score (nSPS) is 11.2. The van der Waals surface area contributed by atoms with E-state index in [1.165, 1.54) is 12.3 Å². The van der Waals surface area contributed by atoms with Crippen molar-refractivity contribution in [2.45, 2.75) is 13.8 Å². The molecular weight excluding hydrogens is 561 g/mol. The maximum Gasteiger partial charge on any atom is 0.247 e. The molecule has 0 aliphatic heterocycles. The number of methoxy groups -OCH3 is 1. The lowest BCUT2D eigenvalue weighted by Crippen LogP contribution is -2.33. The number of halogens is 1. The van der Waals surface area contributed by atoms with E-state index in [2.05, 4.69) is 56.1 Å². The molecule has 0 saturated carbocycles. The average molecular weight is 600 g/mol. The van der Waals surface area contributed by atoms with Crippen LogP contribution in [-0.2, 0) is 9.36 Å². The first-order valence-electron chi connectivity index (χ1n) is 13.3. The molecule has 0 atom stereocenters. The van der Waals surface area contributed by atoms with Gasteiger partial charge >= 0.3 is 0 Å². The van der Waals surface area contributed by atoms with Gasteiger partial charge in [-0.15, -0.1) is 0 Å². The van der Waals surface area contributed by atoms with E-state index in [1.807, 2.05) is 37.4 Å². The summed E-state index contributed by atoms with van der Waals surface area (Å²) in [6.07, 6.45) is 2.70. The zero-order chi connectivity index (χ0) is 30.2. The van der Waals surface area contributed by atoms with Gasteiger partial charge in [-0.2, -0.15) is 4.98 Å². The molecule has 0 saturated heterocycles. The van der Waals surface area contributed by atoms with Crippen LogP contribution in [0.1, 0.15) is 13.8 Å². The van der Waals surface area contributed by atoms with Crippen LogP contribution in [0.2, 0.25) is 5.02 Å². The van der Waals surface area contributed by atoms with Crippen LogP contribution < -0.4 is 30.9 Å². The molecular formula is C29H39ClN7O3P. The molecule has 3 aromatic rings. The molecule has 0 aliphatic rings. The van der Waals surface area contributed by atoms with Gasteiger partial charge in [-0.05, 0) is 50.7 Å². The summed E-state index contributed by atoms with van der Waals surface area (Å²) in [6.45, 7) is 14.8. The number of anilines is 6. The molecule has 1 aromatic heterocycles. The fourth-order valence-electron chi connectivity index (χ4n) is 4.20. The first-order valence-corrected chi connectivity index (χ1v) is 16.3. The number of carbonyl (C=O) groups excluding carboxylic acids is 1.